The van der Waals surface area contributed by atoms with Crippen molar-refractivity contribution in [1.29, 1.82) is 0 Å². The fourth-order valence-electron chi connectivity index (χ4n) is 1.66. The van der Waals surface area contributed by atoms with Gasteiger partial charge in [0.2, 0.25) is 0 Å². The minimum atomic E-state index is -0.947. The first-order valence-electron chi connectivity index (χ1n) is 5.30. The molecule has 0 radical (unpaired) electrons. The third-order valence-electron chi connectivity index (χ3n) is 2.57. The zero-order valence-electron chi connectivity index (χ0n) is 9.46. The Hall–Kier alpha value is -1.89. The van der Waals surface area contributed by atoms with Gasteiger partial charge in [-0.2, -0.15) is 0 Å². The molecule has 0 spiro atoms. The molecule has 17 heavy (non-hydrogen) atoms. The Morgan fingerprint density at radius 2 is 2.47 bits per heavy atom. The highest BCUT2D eigenvalue weighted by atomic mass is 16.5. The van der Waals surface area contributed by atoms with Crippen LogP contribution in [0, 0.1) is 0 Å². The second-order valence-electron chi connectivity index (χ2n) is 3.66. The van der Waals surface area contributed by atoms with Crippen LogP contribution in [0.2, 0.25) is 0 Å². The van der Waals surface area contributed by atoms with Gasteiger partial charge in [-0.05, 0) is 0 Å². The molecule has 2 N–H and O–H groups in total. The molecule has 7 heteroatoms. The molecule has 2 rings (SSSR count). The predicted octanol–water partition coefficient (Wildman–Crippen LogP) is -0.192. The number of nitrogens with zero attached hydrogens (tertiary/aromatic N) is 3. The Balaban J connectivity index is 2.13. The number of aromatic nitrogens is 2. The molecular weight excluding hydrogens is 224 g/mol. The van der Waals surface area contributed by atoms with Gasteiger partial charge in [-0.15, -0.1) is 0 Å². The van der Waals surface area contributed by atoms with Gasteiger partial charge >= 0.3 is 5.97 Å². The topological polar surface area (TPSA) is 87.6 Å². The van der Waals surface area contributed by atoms with Crippen LogP contribution in [-0.4, -0.2) is 53.9 Å². The van der Waals surface area contributed by atoms with Crippen LogP contribution < -0.4 is 10.2 Å². The summed E-state index contributed by atoms with van der Waals surface area (Å²) in [6.45, 7) is 1.31. The van der Waals surface area contributed by atoms with Crippen LogP contribution >= 0.6 is 0 Å². The van der Waals surface area contributed by atoms with E-state index < -0.39 is 12.1 Å². The quantitative estimate of drug-likeness (QED) is 0.754. The minimum absolute atomic E-state index is 0.301. The monoisotopic (exact) mass is 238 g/mol. The summed E-state index contributed by atoms with van der Waals surface area (Å²) in [7, 11) is 1.77. The lowest BCUT2D eigenvalue weighted by Gasteiger charge is -2.31. The zero-order chi connectivity index (χ0) is 12.3. The normalized spacial score (nSPS) is 20.1. The van der Waals surface area contributed by atoms with Gasteiger partial charge in [0.15, 0.2) is 6.10 Å². The van der Waals surface area contributed by atoms with Gasteiger partial charge in [-0.1, -0.05) is 0 Å². The van der Waals surface area contributed by atoms with Crippen molar-refractivity contribution in [3.8, 4) is 0 Å². The summed E-state index contributed by atoms with van der Waals surface area (Å²) in [5.74, 6) is 0.463. The molecule has 1 fully saturated rings. The minimum Gasteiger partial charge on any atom is -0.479 e. The number of carbonyl (C=O) groups is 1. The number of carboxylic acids is 1. The molecule has 92 valence electrons. The Bertz CT molecular complexity index is 412. The lowest BCUT2D eigenvalue weighted by Crippen LogP contribution is -2.46. The fourth-order valence-corrected chi connectivity index (χ4v) is 1.66. The van der Waals surface area contributed by atoms with Crippen LogP contribution in [-0.2, 0) is 9.53 Å². The Kier molecular flexibility index (Phi) is 3.38. The van der Waals surface area contributed by atoms with Crippen molar-refractivity contribution in [2.45, 2.75) is 6.10 Å². The maximum absolute atomic E-state index is 10.9. The smallest absolute Gasteiger partial charge is 0.334 e. The fraction of sp³-hybridized carbons (Fsp3) is 0.500. The lowest BCUT2D eigenvalue weighted by molar-refractivity contribution is -0.150. The summed E-state index contributed by atoms with van der Waals surface area (Å²) in [6, 6.07) is 1.78. The second-order valence-corrected chi connectivity index (χ2v) is 3.66. The molecule has 1 aromatic heterocycles. The van der Waals surface area contributed by atoms with Crippen molar-refractivity contribution in [3.63, 3.8) is 0 Å². The van der Waals surface area contributed by atoms with E-state index in [1.807, 2.05) is 4.90 Å². The van der Waals surface area contributed by atoms with E-state index in [2.05, 4.69) is 15.3 Å². The van der Waals surface area contributed by atoms with Gasteiger partial charge in [0.25, 0.3) is 0 Å². The van der Waals surface area contributed by atoms with E-state index in [9.17, 15) is 4.79 Å². The molecular formula is C10H14N4O3. The average molecular weight is 238 g/mol. The van der Waals surface area contributed by atoms with Crippen LogP contribution in [0.25, 0.3) is 0 Å². The van der Waals surface area contributed by atoms with Gasteiger partial charge in [0.1, 0.15) is 18.0 Å². The van der Waals surface area contributed by atoms with Crippen molar-refractivity contribution in [2.24, 2.45) is 0 Å². The molecule has 1 atom stereocenters. The standard InChI is InChI=1S/C10H14N4O3/c1-11-8-4-9(13-6-12-8)14-2-3-17-7(5-14)10(15)16/h4,6-7H,2-3,5H2,1H3,(H,15,16)(H,11,12,13). The van der Waals surface area contributed by atoms with Gasteiger partial charge in [-0.3, -0.25) is 0 Å². The molecule has 0 aliphatic carbocycles. The maximum Gasteiger partial charge on any atom is 0.334 e. The first kappa shape index (κ1) is 11.6. The Morgan fingerprint density at radius 3 is 3.18 bits per heavy atom. The summed E-state index contributed by atoms with van der Waals surface area (Å²) < 4.78 is 5.15. The van der Waals surface area contributed by atoms with Gasteiger partial charge in [0, 0.05) is 19.7 Å². The summed E-state index contributed by atoms with van der Waals surface area (Å²) in [4.78, 5) is 20.9. The Morgan fingerprint density at radius 1 is 1.65 bits per heavy atom. The summed E-state index contributed by atoms with van der Waals surface area (Å²) in [5.41, 5.74) is 0. The number of rotatable bonds is 3. The molecule has 2 heterocycles. The molecule has 1 saturated heterocycles. The maximum atomic E-state index is 10.9. The van der Waals surface area contributed by atoms with E-state index in [0.717, 1.165) is 0 Å². The zero-order valence-corrected chi connectivity index (χ0v) is 9.46. The summed E-state index contributed by atoms with van der Waals surface area (Å²) in [5, 5.41) is 11.8. The van der Waals surface area contributed by atoms with Crippen molar-refractivity contribution < 1.29 is 14.6 Å². The predicted molar refractivity (Wildman–Crippen MR) is 61.2 cm³/mol. The lowest BCUT2D eigenvalue weighted by atomic mass is 10.2. The molecule has 0 saturated carbocycles. The number of morpholine rings is 1. The molecule has 1 unspecified atom stereocenters. The molecule has 1 aromatic rings. The number of nitrogens with one attached hydrogen (secondary N) is 1. The van der Waals surface area contributed by atoms with Crippen molar-refractivity contribution in [1.82, 2.24) is 9.97 Å². The highest BCUT2D eigenvalue weighted by Crippen LogP contribution is 2.17. The van der Waals surface area contributed by atoms with Crippen LogP contribution in [0.3, 0.4) is 0 Å². The average Bonchev–Trinajstić information content (AvgIpc) is 2.39. The number of hydrogen-bond donors (Lipinski definition) is 2. The Labute approximate surface area is 98.4 Å². The highest BCUT2D eigenvalue weighted by molar-refractivity contribution is 5.73. The summed E-state index contributed by atoms with van der Waals surface area (Å²) >= 11 is 0. The second kappa shape index (κ2) is 4.96. The van der Waals surface area contributed by atoms with E-state index in [1.54, 1.807) is 13.1 Å². The van der Waals surface area contributed by atoms with Crippen LogP contribution in [0.15, 0.2) is 12.4 Å². The van der Waals surface area contributed by atoms with Crippen molar-refractivity contribution in [2.75, 3.05) is 37.0 Å². The first-order chi connectivity index (χ1) is 8.20. The number of anilines is 2. The van der Waals surface area contributed by atoms with Gasteiger partial charge in [-0.25, -0.2) is 14.8 Å². The van der Waals surface area contributed by atoms with Crippen molar-refractivity contribution >= 4 is 17.6 Å². The SMILES string of the molecule is CNc1cc(N2CCOC(C(=O)O)C2)ncn1. The highest BCUT2D eigenvalue weighted by Gasteiger charge is 2.26. The van der Waals surface area contributed by atoms with Crippen LogP contribution in [0.4, 0.5) is 11.6 Å². The van der Waals surface area contributed by atoms with E-state index >= 15 is 0 Å². The van der Waals surface area contributed by atoms with Gasteiger partial charge < -0.3 is 20.1 Å². The first-order valence-corrected chi connectivity index (χ1v) is 5.30. The number of aliphatic carboxylic acids is 1. The number of hydrogen-bond acceptors (Lipinski definition) is 6. The largest absolute Gasteiger partial charge is 0.479 e. The van der Waals surface area contributed by atoms with E-state index in [4.69, 9.17) is 9.84 Å². The molecule has 7 nitrogen and oxygen atoms in total. The van der Waals surface area contributed by atoms with E-state index in [-0.39, 0.29) is 0 Å². The molecule has 0 bridgehead atoms. The summed E-state index contributed by atoms with van der Waals surface area (Å²) in [6.07, 6.45) is 0.656. The van der Waals surface area contributed by atoms with Crippen LogP contribution in [0.5, 0.6) is 0 Å². The molecule has 0 amide bonds. The number of ether oxygens (including phenoxy) is 1. The van der Waals surface area contributed by atoms with Crippen molar-refractivity contribution in [3.05, 3.63) is 12.4 Å². The molecule has 1 aliphatic heterocycles. The third-order valence-corrected chi connectivity index (χ3v) is 2.57. The van der Waals surface area contributed by atoms with E-state index in [1.165, 1.54) is 6.33 Å². The molecule has 1 aliphatic rings. The van der Waals surface area contributed by atoms with E-state index in [0.29, 0.717) is 31.3 Å². The number of carboxylic acid groups (broad SMARTS) is 1. The van der Waals surface area contributed by atoms with Gasteiger partial charge in [0.05, 0.1) is 13.2 Å². The molecule has 0 aromatic carbocycles. The third kappa shape index (κ3) is 2.62. The van der Waals surface area contributed by atoms with Crippen LogP contribution in [0.1, 0.15) is 0 Å².